The molecule has 6 N–H and O–H groups in total. The zero-order valence-corrected chi connectivity index (χ0v) is 22.1. The minimum atomic E-state index is -1.75. The van der Waals surface area contributed by atoms with Crippen LogP contribution in [-0.2, 0) is 9.47 Å². The van der Waals surface area contributed by atoms with Crippen LogP contribution < -0.4 is 0 Å². The summed E-state index contributed by atoms with van der Waals surface area (Å²) in [6, 6.07) is 3.19. The second kappa shape index (κ2) is 9.54. The fourth-order valence-corrected chi connectivity index (χ4v) is 6.05. The molecule has 0 radical (unpaired) electrons. The summed E-state index contributed by atoms with van der Waals surface area (Å²) in [5.41, 5.74) is -3.24. The van der Waals surface area contributed by atoms with Crippen LogP contribution in [0.3, 0.4) is 0 Å². The van der Waals surface area contributed by atoms with Gasteiger partial charge in [-0.25, -0.2) is 0 Å². The monoisotopic (exact) mass is 543 g/mol. The largest absolute Gasteiger partial charge is 0.507 e. The number of carbonyl (C=O) groups excluding carboxylic acids is 2. The van der Waals surface area contributed by atoms with Gasteiger partial charge in [0, 0.05) is 30.0 Å². The molecule has 2 aliphatic carbocycles. The van der Waals surface area contributed by atoms with Crippen LogP contribution in [0.15, 0.2) is 18.2 Å². The number of benzene rings is 2. The number of phenolic OH excluding ortho intramolecular Hbond substituents is 3. The van der Waals surface area contributed by atoms with E-state index >= 15 is 0 Å². The molecule has 7 atom stereocenters. The Hall–Kier alpha value is -3.06. The molecule has 210 valence electrons. The van der Waals surface area contributed by atoms with Gasteiger partial charge in [-0.3, -0.25) is 9.59 Å². The van der Waals surface area contributed by atoms with Gasteiger partial charge in [0.05, 0.1) is 40.6 Å². The number of hydrogen-bond acceptors (Lipinski definition) is 11. The van der Waals surface area contributed by atoms with Crippen LogP contribution in [0, 0.1) is 0 Å². The normalized spacial score (nSPS) is 32.1. The highest BCUT2D eigenvalue weighted by Gasteiger charge is 2.50. The first kappa shape index (κ1) is 27.5. The highest BCUT2D eigenvalue weighted by Crippen LogP contribution is 2.53. The van der Waals surface area contributed by atoms with Gasteiger partial charge in [0.25, 0.3) is 0 Å². The van der Waals surface area contributed by atoms with Crippen molar-refractivity contribution in [2.45, 2.75) is 75.5 Å². The van der Waals surface area contributed by atoms with Crippen LogP contribution in [0.2, 0.25) is 0 Å². The molecule has 1 heterocycles. The molecule has 0 aromatic heterocycles. The van der Waals surface area contributed by atoms with Gasteiger partial charge < -0.3 is 45.0 Å². The summed E-state index contributed by atoms with van der Waals surface area (Å²) >= 11 is 0. The number of ether oxygens (including phenoxy) is 2. The first-order valence-corrected chi connectivity index (χ1v) is 12.9. The van der Waals surface area contributed by atoms with Crippen molar-refractivity contribution in [1.82, 2.24) is 4.90 Å². The Balaban J connectivity index is 1.64. The smallest absolute Gasteiger partial charge is 0.202 e. The van der Waals surface area contributed by atoms with Crippen molar-refractivity contribution in [2.75, 3.05) is 14.1 Å². The maximum atomic E-state index is 13.5. The number of phenols is 3. The molecule has 3 aliphatic rings. The standard InChI is InChI=1S/C28H33NO10/c1-5-28(37)10-17(39-18-9-14(29(3)4)23(32)11(2)38-18)12-8-13-19(25(34)20(12)27(28)36)26(35)22-16(31)7-6-15(30)21(22)24(13)33/h6-8,11,14,17-18,23,27,30-32,34,36-37H,5,9-10H2,1-4H3/t11-,14+,17+,18+,23+,27-,28-/m1/s1. The fourth-order valence-electron chi connectivity index (χ4n) is 6.05. The van der Waals surface area contributed by atoms with E-state index in [1.807, 2.05) is 19.0 Å². The molecule has 0 amide bonds. The van der Waals surface area contributed by atoms with Crippen LogP contribution in [0.5, 0.6) is 17.2 Å². The van der Waals surface area contributed by atoms with Gasteiger partial charge in [-0.2, -0.15) is 0 Å². The van der Waals surface area contributed by atoms with Gasteiger partial charge in [-0.15, -0.1) is 0 Å². The second-order valence-corrected chi connectivity index (χ2v) is 10.9. The van der Waals surface area contributed by atoms with Gasteiger partial charge in [0.2, 0.25) is 5.78 Å². The zero-order chi connectivity index (χ0) is 28.5. The lowest BCUT2D eigenvalue weighted by molar-refractivity contribution is -0.261. The van der Waals surface area contributed by atoms with Crippen molar-refractivity contribution in [3.63, 3.8) is 0 Å². The van der Waals surface area contributed by atoms with Crippen molar-refractivity contribution in [3.05, 3.63) is 51.6 Å². The summed E-state index contributed by atoms with van der Waals surface area (Å²) in [6.07, 6.45) is -4.50. The summed E-state index contributed by atoms with van der Waals surface area (Å²) in [7, 11) is 3.64. The van der Waals surface area contributed by atoms with Gasteiger partial charge in [-0.1, -0.05) is 6.92 Å². The zero-order valence-electron chi connectivity index (χ0n) is 22.1. The van der Waals surface area contributed by atoms with Crippen molar-refractivity contribution >= 4 is 11.6 Å². The van der Waals surface area contributed by atoms with Gasteiger partial charge in [-0.05, 0) is 51.2 Å². The number of rotatable bonds is 4. The number of aromatic hydroxyl groups is 3. The Bertz CT molecular complexity index is 1360. The summed E-state index contributed by atoms with van der Waals surface area (Å²) in [4.78, 5) is 28.8. The maximum absolute atomic E-state index is 13.5. The number of likely N-dealkylation sites (N-methyl/N-ethyl adjacent to an activating group) is 1. The van der Waals surface area contributed by atoms with E-state index in [0.29, 0.717) is 0 Å². The number of aliphatic hydroxyl groups excluding tert-OH is 2. The third-order valence-corrected chi connectivity index (χ3v) is 8.39. The molecule has 5 rings (SSSR count). The summed E-state index contributed by atoms with van der Waals surface area (Å²) in [6.45, 7) is 3.37. The van der Waals surface area contributed by atoms with E-state index in [1.54, 1.807) is 13.8 Å². The van der Waals surface area contributed by atoms with E-state index in [1.165, 1.54) is 6.07 Å². The molecule has 2 aromatic rings. The Kier molecular flexibility index (Phi) is 6.73. The molecule has 2 aromatic carbocycles. The van der Waals surface area contributed by atoms with Gasteiger partial charge in [0.1, 0.15) is 23.4 Å². The van der Waals surface area contributed by atoms with Gasteiger partial charge >= 0.3 is 0 Å². The lowest BCUT2D eigenvalue weighted by Crippen LogP contribution is -2.54. The second-order valence-electron chi connectivity index (χ2n) is 10.9. The number of aliphatic hydroxyl groups is 3. The van der Waals surface area contributed by atoms with Crippen molar-refractivity contribution in [1.29, 1.82) is 0 Å². The van der Waals surface area contributed by atoms with E-state index in [4.69, 9.17) is 9.47 Å². The fraction of sp³-hybridized carbons (Fsp3) is 0.500. The Morgan fingerprint density at radius 3 is 2.26 bits per heavy atom. The first-order valence-electron chi connectivity index (χ1n) is 12.9. The van der Waals surface area contributed by atoms with Crippen LogP contribution in [-0.4, -0.2) is 91.3 Å². The molecule has 39 heavy (non-hydrogen) atoms. The third kappa shape index (κ3) is 4.12. The molecule has 1 saturated heterocycles. The molecule has 1 aliphatic heterocycles. The minimum absolute atomic E-state index is 0.0787. The van der Waals surface area contributed by atoms with Crippen LogP contribution in [0.1, 0.15) is 88.3 Å². The van der Waals surface area contributed by atoms with Crippen LogP contribution >= 0.6 is 0 Å². The molecule has 0 saturated carbocycles. The van der Waals surface area contributed by atoms with E-state index in [9.17, 15) is 40.2 Å². The average molecular weight is 544 g/mol. The molecular formula is C28H33NO10. The molecule has 11 nitrogen and oxygen atoms in total. The van der Waals surface area contributed by atoms with Crippen LogP contribution in [0.4, 0.5) is 0 Å². The highest BCUT2D eigenvalue weighted by atomic mass is 16.7. The van der Waals surface area contributed by atoms with E-state index < -0.39 is 81.8 Å². The quantitative estimate of drug-likeness (QED) is 0.264. The SMILES string of the molecule is CC[C@@]1(O)C[C@H](O[C@H]2C[C@H](N(C)C)[C@@H](O)[C@@H](C)O2)c2cc3c(c(O)c2[C@H]1O)C(=O)c1c(O)ccc(O)c1C3=O. The Labute approximate surface area is 224 Å². The Morgan fingerprint density at radius 2 is 1.67 bits per heavy atom. The average Bonchev–Trinajstić information content (AvgIpc) is 2.88. The molecule has 0 bridgehead atoms. The van der Waals surface area contributed by atoms with Crippen LogP contribution in [0.25, 0.3) is 0 Å². The topological polar surface area (TPSA) is 177 Å². The molecule has 0 unspecified atom stereocenters. The lowest BCUT2D eigenvalue weighted by Gasteiger charge is -2.45. The van der Waals surface area contributed by atoms with Crippen molar-refractivity contribution < 1.29 is 49.7 Å². The predicted octanol–water partition coefficient (Wildman–Crippen LogP) is 1.64. The molecular weight excluding hydrogens is 510 g/mol. The number of carbonyl (C=O) groups is 2. The van der Waals surface area contributed by atoms with Gasteiger partial charge in [0.15, 0.2) is 12.1 Å². The molecule has 11 heteroatoms. The maximum Gasteiger partial charge on any atom is 0.202 e. The third-order valence-electron chi connectivity index (χ3n) is 8.39. The number of fused-ring (bicyclic) bond motifs is 3. The summed E-state index contributed by atoms with van der Waals surface area (Å²) in [5, 5.41) is 65.1. The van der Waals surface area contributed by atoms with E-state index in [0.717, 1.165) is 12.1 Å². The summed E-state index contributed by atoms with van der Waals surface area (Å²) in [5.74, 6) is -3.46. The number of ketones is 2. The van der Waals surface area contributed by atoms with E-state index in [2.05, 4.69) is 0 Å². The predicted molar refractivity (Wildman–Crippen MR) is 136 cm³/mol. The molecule has 0 spiro atoms. The first-order chi connectivity index (χ1) is 18.3. The van der Waals surface area contributed by atoms with E-state index in [-0.39, 0.29) is 42.0 Å². The molecule has 1 fully saturated rings. The van der Waals surface area contributed by atoms with Crippen molar-refractivity contribution in [2.24, 2.45) is 0 Å². The summed E-state index contributed by atoms with van der Waals surface area (Å²) < 4.78 is 12.2. The minimum Gasteiger partial charge on any atom is -0.507 e. The van der Waals surface area contributed by atoms with Crippen molar-refractivity contribution in [3.8, 4) is 17.2 Å². The highest BCUT2D eigenvalue weighted by molar-refractivity contribution is 6.31. The lowest BCUT2D eigenvalue weighted by atomic mass is 9.71. The Morgan fingerprint density at radius 1 is 1.05 bits per heavy atom. The number of nitrogens with zero attached hydrogens (tertiary/aromatic N) is 1. The number of hydrogen-bond donors (Lipinski definition) is 6.